The Bertz CT molecular complexity index is 289. The first-order valence-electron chi connectivity index (χ1n) is 6.13. The summed E-state index contributed by atoms with van der Waals surface area (Å²) < 4.78 is 0. The van der Waals surface area contributed by atoms with Crippen LogP contribution in [0.5, 0.6) is 0 Å². The molecule has 0 saturated carbocycles. The smallest absolute Gasteiger partial charge is 0.0274 e. The Morgan fingerprint density at radius 2 is 1.80 bits per heavy atom. The molecule has 84 valence electrons. The second-order valence-corrected chi connectivity index (χ2v) is 4.70. The molecular formula is C15H24. The maximum absolute atomic E-state index is 3.79. The first kappa shape index (κ1) is 12.3. The van der Waals surface area contributed by atoms with E-state index in [1.54, 1.807) is 22.3 Å². The Labute approximate surface area is 94.8 Å². The predicted molar refractivity (Wildman–Crippen MR) is 69.0 cm³/mol. The van der Waals surface area contributed by atoms with Crippen molar-refractivity contribution in [1.29, 1.82) is 0 Å². The number of hydrogen-bond donors (Lipinski definition) is 0. The SMILES string of the molecule is C=CCCCC1=C(C)CCCC(C)=C1C. The molecule has 0 saturated heterocycles. The first-order valence-corrected chi connectivity index (χ1v) is 6.13. The Balaban J connectivity index is 2.77. The summed E-state index contributed by atoms with van der Waals surface area (Å²) in [6.07, 6.45) is 9.57. The first-order chi connectivity index (χ1) is 7.16. The van der Waals surface area contributed by atoms with Gasteiger partial charge in [-0.3, -0.25) is 0 Å². The van der Waals surface area contributed by atoms with Gasteiger partial charge in [-0.05, 0) is 70.4 Å². The van der Waals surface area contributed by atoms with Crippen LogP contribution < -0.4 is 0 Å². The summed E-state index contributed by atoms with van der Waals surface area (Å²) in [5, 5.41) is 0. The fourth-order valence-electron chi connectivity index (χ4n) is 2.36. The summed E-state index contributed by atoms with van der Waals surface area (Å²) in [4.78, 5) is 0. The minimum Gasteiger partial charge on any atom is -0.103 e. The van der Waals surface area contributed by atoms with Gasteiger partial charge in [-0.15, -0.1) is 6.58 Å². The summed E-state index contributed by atoms with van der Waals surface area (Å²) in [5.41, 5.74) is 6.41. The van der Waals surface area contributed by atoms with Gasteiger partial charge in [0.05, 0.1) is 0 Å². The average Bonchev–Trinajstić information content (AvgIpc) is 2.32. The van der Waals surface area contributed by atoms with Crippen molar-refractivity contribution in [3.63, 3.8) is 0 Å². The van der Waals surface area contributed by atoms with E-state index >= 15 is 0 Å². The third-order valence-electron chi connectivity index (χ3n) is 3.55. The highest BCUT2D eigenvalue weighted by Crippen LogP contribution is 2.31. The van der Waals surface area contributed by atoms with Crippen LogP contribution in [-0.4, -0.2) is 0 Å². The highest BCUT2D eigenvalue weighted by molar-refractivity contribution is 5.38. The lowest BCUT2D eigenvalue weighted by Gasteiger charge is -2.12. The van der Waals surface area contributed by atoms with Gasteiger partial charge in [0.1, 0.15) is 0 Å². The van der Waals surface area contributed by atoms with Gasteiger partial charge in [-0.25, -0.2) is 0 Å². The molecular weight excluding hydrogens is 180 g/mol. The molecule has 0 amide bonds. The molecule has 0 aromatic heterocycles. The fourth-order valence-corrected chi connectivity index (χ4v) is 2.36. The number of rotatable bonds is 4. The predicted octanol–water partition coefficient (Wildman–Crippen LogP) is 5.18. The van der Waals surface area contributed by atoms with Gasteiger partial charge in [0, 0.05) is 0 Å². The Morgan fingerprint density at radius 3 is 2.47 bits per heavy atom. The molecule has 0 atom stereocenters. The third-order valence-corrected chi connectivity index (χ3v) is 3.55. The van der Waals surface area contributed by atoms with Crippen molar-refractivity contribution in [2.24, 2.45) is 0 Å². The van der Waals surface area contributed by atoms with E-state index < -0.39 is 0 Å². The maximum atomic E-state index is 3.79. The lowest BCUT2D eigenvalue weighted by Crippen LogP contribution is -1.92. The Morgan fingerprint density at radius 1 is 1.13 bits per heavy atom. The molecule has 0 bridgehead atoms. The van der Waals surface area contributed by atoms with Gasteiger partial charge in [-0.1, -0.05) is 17.2 Å². The van der Waals surface area contributed by atoms with E-state index in [0.29, 0.717) is 0 Å². The molecule has 0 spiro atoms. The molecule has 0 heterocycles. The molecule has 0 fully saturated rings. The molecule has 0 nitrogen and oxygen atoms in total. The van der Waals surface area contributed by atoms with E-state index in [1.165, 1.54) is 32.1 Å². The van der Waals surface area contributed by atoms with Crippen molar-refractivity contribution in [2.45, 2.75) is 59.3 Å². The molecule has 0 aromatic carbocycles. The van der Waals surface area contributed by atoms with Crippen molar-refractivity contribution in [1.82, 2.24) is 0 Å². The van der Waals surface area contributed by atoms with Crippen molar-refractivity contribution in [2.75, 3.05) is 0 Å². The zero-order valence-electron chi connectivity index (χ0n) is 10.5. The van der Waals surface area contributed by atoms with Crippen molar-refractivity contribution in [3.8, 4) is 0 Å². The van der Waals surface area contributed by atoms with Crippen LogP contribution in [-0.2, 0) is 0 Å². The Kier molecular flexibility index (Phi) is 4.87. The standard InChI is InChI=1S/C15H24/c1-5-6-7-11-15-13(3)10-8-9-12(2)14(15)4/h5H,1,6-11H2,2-4H3. The van der Waals surface area contributed by atoms with Crippen LogP contribution in [0.4, 0.5) is 0 Å². The van der Waals surface area contributed by atoms with E-state index in [-0.39, 0.29) is 0 Å². The van der Waals surface area contributed by atoms with Gasteiger partial charge in [0.15, 0.2) is 0 Å². The van der Waals surface area contributed by atoms with Crippen LogP contribution in [0.25, 0.3) is 0 Å². The topological polar surface area (TPSA) is 0 Å². The third kappa shape index (κ3) is 3.37. The zero-order valence-corrected chi connectivity index (χ0v) is 10.5. The molecule has 0 radical (unpaired) electrons. The van der Waals surface area contributed by atoms with Crippen LogP contribution in [0.15, 0.2) is 34.9 Å². The lowest BCUT2D eigenvalue weighted by molar-refractivity contribution is 0.798. The molecule has 1 rings (SSSR count). The average molecular weight is 204 g/mol. The van der Waals surface area contributed by atoms with Crippen LogP contribution in [0.3, 0.4) is 0 Å². The molecule has 15 heavy (non-hydrogen) atoms. The molecule has 1 aliphatic carbocycles. The minimum atomic E-state index is 1.14. The summed E-state index contributed by atoms with van der Waals surface area (Å²) in [6, 6.07) is 0. The zero-order chi connectivity index (χ0) is 11.3. The summed E-state index contributed by atoms with van der Waals surface area (Å²) in [5.74, 6) is 0. The number of allylic oxidation sites excluding steroid dienone is 5. The highest BCUT2D eigenvalue weighted by atomic mass is 14.2. The quantitative estimate of drug-likeness (QED) is 0.437. The molecule has 0 aromatic rings. The van der Waals surface area contributed by atoms with Crippen LogP contribution >= 0.6 is 0 Å². The normalized spacial score (nSPS) is 18.1. The maximum Gasteiger partial charge on any atom is -0.0274 e. The number of unbranched alkanes of at least 4 members (excludes halogenated alkanes) is 1. The second kappa shape index (κ2) is 5.95. The lowest BCUT2D eigenvalue weighted by atomic mass is 9.94. The molecule has 0 aliphatic heterocycles. The van der Waals surface area contributed by atoms with Crippen molar-refractivity contribution < 1.29 is 0 Å². The van der Waals surface area contributed by atoms with E-state index in [4.69, 9.17) is 0 Å². The summed E-state index contributed by atoms with van der Waals surface area (Å²) in [6.45, 7) is 10.7. The van der Waals surface area contributed by atoms with Gasteiger partial charge in [-0.2, -0.15) is 0 Å². The minimum absolute atomic E-state index is 1.14. The van der Waals surface area contributed by atoms with E-state index in [1.807, 2.05) is 6.08 Å². The van der Waals surface area contributed by atoms with Crippen LogP contribution in [0.2, 0.25) is 0 Å². The Hall–Kier alpha value is -0.780. The molecule has 1 aliphatic rings. The summed E-state index contributed by atoms with van der Waals surface area (Å²) in [7, 11) is 0. The monoisotopic (exact) mass is 204 g/mol. The largest absolute Gasteiger partial charge is 0.103 e. The van der Waals surface area contributed by atoms with E-state index in [0.717, 1.165) is 6.42 Å². The number of hydrogen-bond acceptors (Lipinski definition) is 0. The molecule has 0 heteroatoms. The van der Waals surface area contributed by atoms with Crippen molar-refractivity contribution >= 4 is 0 Å². The van der Waals surface area contributed by atoms with E-state index in [9.17, 15) is 0 Å². The fraction of sp³-hybridized carbons (Fsp3) is 0.600. The van der Waals surface area contributed by atoms with Gasteiger partial charge < -0.3 is 0 Å². The van der Waals surface area contributed by atoms with Gasteiger partial charge >= 0.3 is 0 Å². The van der Waals surface area contributed by atoms with Crippen LogP contribution in [0, 0.1) is 0 Å². The second-order valence-electron chi connectivity index (χ2n) is 4.70. The van der Waals surface area contributed by atoms with Gasteiger partial charge in [0.25, 0.3) is 0 Å². The van der Waals surface area contributed by atoms with E-state index in [2.05, 4.69) is 27.4 Å². The van der Waals surface area contributed by atoms with Gasteiger partial charge in [0.2, 0.25) is 0 Å². The molecule has 0 unspecified atom stereocenters. The molecule has 0 N–H and O–H groups in total. The van der Waals surface area contributed by atoms with Crippen molar-refractivity contribution in [3.05, 3.63) is 34.9 Å². The highest BCUT2D eigenvalue weighted by Gasteiger charge is 2.11. The summed E-state index contributed by atoms with van der Waals surface area (Å²) >= 11 is 0. The van der Waals surface area contributed by atoms with Crippen LogP contribution in [0.1, 0.15) is 59.3 Å².